The van der Waals surface area contributed by atoms with E-state index in [-0.39, 0.29) is 17.9 Å². The van der Waals surface area contributed by atoms with E-state index >= 15 is 0 Å². The van der Waals surface area contributed by atoms with Gasteiger partial charge in [0.2, 0.25) is 0 Å². The first kappa shape index (κ1) is 12.1. The Morgan fingerprint density at radius 2 is 2.33 bits per heavy atom. The van der Waals surface area contributed by atoms with Crippen LogP contribution in [0.3, 0.4) is 0 Å². The number of hydrogen-bond acceptors (Lipinski definition) is 4. The van der Waals surface area contributed by atoms with Gasteiger partial charge in [0.25, 0.3) is 0 Å². The Morgan fingerprint density at radius 3 is 2.94 bits per heavy atom. The molecule has 1 N–H and O–H groups in total. The molecule has 0 unspecified atom stereocenters. The Bertz CT molecular complexity index is 579. The number of halogens is 1. The van der Waals surface area contributed by atoms with E-state index in [9.17, 15) is 9.18 Å². The molecule has 1 aromatic heterocycles. The Labute approximate surface area is 102 Å². The number of nitrogens with zero attached hydrogens (tertiary/aromatic N) is 1. The van der Waals surface area contributed by atoms with Crippen molar-refractivity contribution in [3.05, 3.63) is 47.1 Å². The van der Waals surface area contributed by atoms with Gasteiger partial charge < -0.3 is 14.4 Å². The summed E-state index contributed by atoms with van der Waals surface area (Å²) in [6.07, 6.45) is 0. The third kappa shape index (κ3) is 2.48. The Morgan fingerprint density at radius 1 is 1.56 bits per heavy atom. The number of rotatable bonds is 4. The third-order valence-electron chi connectivity index (χ3n) is 2.23. The molecule has 0 bridgehead atoms. The molecule has 0 spiro atoms. The second kappa shape index (κ2) is 4.87. The Hall–Kier alpha value is -2.37. The van der Waals surface area contributed by atoms with Crippen LogP contribution in [0.15, 0.2) is 28.8 Å². The van der Waals surface area contributed by atoms with Gasteiger partial charge in [0.05, 0.1) is 5.69 Å². The molecule has 2 rings (SSSR count). The van der Waals surface area contributed by atoms with Gasteiger partial charge >= 0.3 is 5.97 Å². The molecular formula is C12H10FNO4. The molecule has 0 saturated carbocycles. The molecule has 2 aromatic rings. The fourth-order valence-electron chi connectivity index (χ4n) is 1.45. The SMILES string of the molecule is Cc1cc(COc2c(F)cccc2C(=O)O)on1. The number of aromatic nitrogens is 1. The summed E-state index contributed by atoms with van der Waals surface area (Å²) in [5, 5.41) is 12.6. The maximum absolute atomic E-state index is 13.5. The van der Waals surface area contributed by atoms with Crippen molar-refractivity contribution in [3.8, 4) is 5.75 Å². The summed E-state index contributed by atoms with van der Waals surface area (Å²) in [6.45, 7) is 1.65. The molecule has 94 valence electrons. The predicted molar refractivity (Wildman–Crippen MR) is 58.9 cm³/mol. The van der Waals surface area contributed by atoms with Gasteiger partial charge in [-0.05, 0) is 19.1 Å². The topological polar surface area (TPSA) is 72.6 Å². The maximum Gasteiger partial charge on any atom is 0.339 e. The normalized spacial score (nSPS) is 10.3. The van der Waals surface area contributed by atoms with E-state index in [4.69, 9.17) is 14.4 Å². The lowest BCUT2D eigenvalue weighted by atomic mass is 10.2. The van der Waals surface area contributed by atoms with Gasteiger partial charge in [-0.15, -0.1) is 0 Å². The molecule has 6 heteroatoms. The molecule has 1 heterocycles. The van der Waals surface area contributed by atoms with Crippen molar-refractivity contribution in [2.24, 2.45) is 0 Å². The van der Waals surface area contributed by atoms with Gasteiger partial charge in [-0.2, -0.15) is 0 Å². The molecule has 0 radical (unpaired) electrons. The molecule has 5 nitrogen and oxygen atoms in total. The summed E-state index contributed by atoms with van der Waals surface area (Å²) in [5.74, 6) is -1.89. The van der Waals surface area contributed by atoms with Crippen molar-refractivity contribution in [1.82, 2.24) is 5.16 Å². The van der Waals surface area contributed by atoms with Crippen LogP contribution in [-0.2, 0) is 6.61 Å². The van der Waals surface area contributed by atoms with Crippen molar-refractivity contribution in [3.63, 3.8) is 0 Å². The van der Waals surface area contributed by atoms with Crippen molar-refractivity contribution in [2.75, 3.05) is 0 Å². The highest BCUT2D eigenvalue weighted by atomic mass is 19.1. The third-order valence-corrected chi connectivity index (χ3v) is 2.23. The molecule has 0 amide bonds. The highest BCUT2D eigenvalue weighted by molar-refractivity contribution is 5.90. The lowest BCUT2D eigenvalue weighted by Gasteiger charge is -2.08. The van der Waals surface area contributed by atoms with Crippen molar-refractivity contribution < 1.29 is 23.6 Å². The number of aromatic carboxylic acids is 1. The van der Waals surface area contributed by atoms with Gasteiger partial charge in [0.15, 0.2) is 17.3 Å². The van der Waals surface area contributed by atoms with E-state index < -0.39 is 11.8 Å². The summed E-state index contributed by atoms with van der Waals surface area (Å²) >= 11 is 0. The van der Waals surface area contributed by atoms with Gasteiger partial charge in [-0.3, -0.25) is 0 Å². The molecule has 0 saturated heterocycles. The zero-order valence-electron chi connectivity index (χ0n) is 9.51. The van der Waals surface area contributed by atoms with Crippen LogP contribution in [-0.4, -0.2) is 16.2 Å². The van der Waals surface area contributed by atoms with Crippen molar-refractivity contribution in [1.29, 1.82) is 0 Å². The number of ether oxygens (including phenoxy) is 1. The summed E-state index contributed by atoms with van der Waals surface area (Å²) in [6, 6.07) is 5.34. The van der Waals surface area contributed by atoms with Gasteiger partial charge in [0.1, 0.15) is 12.2 Å². The molecule has 18 heavy (non-hydrogen) atoms. The highest BCUT2D eigenvalue weighted by Crippen LogP contribution is 2.23. The predicted octanol–water partition coefficient (Wildman–Crippen LogP) is 2.40. The molecule has 0 aliphatic rings. The van der Waals surface area contributed by atoms with Gasteiger partial charge in [-0.1, -0.05) is 11.2 Å². The van der Waals surface area contributed by atoms with Crippen LogP contribution < -0.4 is 4.74 Å². The average molecular weight is 251 g/mol. The number of benzene rings is 1. The van der Waals surface area contributed by atoms with Crippen LogP contribution in [0.5, 0.6) is 5.75 Å². The van der Waals surface area contributed by atoms with Crippen LogP contribution in [0, 0.1) is 12.7 Å². The van der Waals surface area contributed by atoms with Crippen LogP contribution in [0.1, 0.15) is 21.8 Å². The number of aryl methyl sites for hydroxylation is 1. The van der Waals surface area contributed by atoms with Crippen molar-refractivity contribution >= 4 is 5.97 Å². The molecule has 0 aliphatic heterocycles. The molecule has 1 aromatic carbocycles. The number of carboxylic acid groups (broad SMARTS) is 1. The van der Waals surface area contributed by atoms with Crippen LogP contribution in [0.2, 0.25) is 0 Å². The minimum atomic E-state index is -1.25. The summed E-state index contributed by atoms with van der Waals surface area (Å²) in [7, 11) is 0. The van der Waals surface area contributed by atoms with Crippen LogP contribution >= 0.6 is 0 Å². The number of carbonyl (C=O) groups is 1. The molecule has 0 aliphatic carbocycles. The van der Waals surface area contributed by atoms with Crippen molar-refractivity contribution in [2.45, 2.75) is 13.5 Å². The second-order valence-corrected chi connectivity index (χ2v) is 3.64. The minimum Gasteiger partial charge on any atom is -0.482 e. The quantitative estimate of drug-likeness (QED) is 0.903. The van der Waals surface area contributed by atoms with E-state index in [1.165, 1.54) is 12.1 Å². The average Bonchev–Trinajstić information content (AvgIpc) is 2.73. The fraction of sp³-hybridized carbons (Fsp3) is 0.167. The van der Waals surface area contributed by atoms with Crippen LogP contribution in [0.25, 0.3) is 0 Å². The van der Waals surface area contributed by atoms with E-state index in [1.54, 1.807) is 13.0 Å². The smallest absolute Gasteiger partial charge is 0.339 e. The first-order chi connectivity index (χ1) is 8.58. The molecule has 0 fully saturated rings. The fourth-order valence-corrected chi connectivity index (χ4v) is 1.45. The monoisotopic (exact) mass is 251 g/mol. The minimum absolute atomic E-state index is 0.0813. The number of carboxylic acids is 1. The van der Waals surface area contributed by atoms with E-state index in [0.717, 1.165) is 6.07 Å². The summed E-state index contributed by atoms with van der Waals surface area (Å²) < 4.78 is 23.5. The van der Waals surface area contributed by atoms with E-state index in [2.05, 4.69) is 5.16 Å². The lowest BCUT2D eigenvalue weighted by molar-refractivity contribution is 0.0689. The Balaban J connectivity index is 2.20. The highest BCUT2D eigenvalue weighted by Gasteiger charge is 2.16. The summed E-state index contributed by atoms with van der Waals surface area (Å²) in [5.41, 5.74) is 0.437. The zero-order chi connectivity index (χ0) is 13.1. The first-order valence-electron chi connectivity index (χ1n) is 5.14. The van der Waals surface area contributed by atoms with E-state index in [1.807, 2.05) is 0 Å². The zero-order valence-corrected chi connectivity index (χ0v) is 9.51. The number of para-hydroxylation sites is 1. The molecule has 0 atom stereocenters. The lowest BCUT2D eigenvalue weighted by Crippen LogP contribution is -2.05. The maximum atomic E-state index is 13.5. The first-order valence-corrected chi connectivity index (χ1v) is 5.14. The second-order valence-electron chi connectivity index (χ2n) is 3.64. The number of hydrogen-bond donors (Lipinski definition) is 1. The Kier molecular flexibility index (Phi) is 3.27. The largest absolute Gasteiger partial charge is 0.482 e. The standard InChI is InChI=1S/C12H10FNO4/c1-7-5-8(18-14-7)6-17-11-9(12(15)16)3-2-4-10(11)13/h2-5H,6H2,1H3,(H,15,16). The molecular weight excluding hydrogens is 241 g/mol. The van der Waals surface area contributed by atoms with Crippen LogP contribution in [0.4, 0.5) is 4.39 Å². The van der Waals surface area contributed by atoms with Gasteiger partial charge in [-0.25, -0.2) is 9.18 Å². The van der Waals surface area contributed by atoms with E-state index in [0.29, 0.717) is 11.5 Å². The van der Waals surface area contributed by atoms with Gasteiger partial charge in [0, 0.05) is 6.07 Å². The summed E-state index contributed by atoms with van der Waals surface area (Å²) in [4.78, 5) is 10.9.